The standard InChI is InChI=1S/C18H30N2O2/c1-12(2)15-6-5-13(3)9-16(15)20-11-14(10-17(20)21)18(22)19-7-4-8-19/h12-16H,4-11H2,1-3H3. The van der Waals surface area contributed by atoms with Crippen LogP contribution in [0.25, 0.3) is 0 Å². The minimum Gasteiger partial charge on any atom is -0.342 e. The van der Waals surface area contributed by atoms with Gasteiger partial charge in [0.15, 0.2) is 0 Å². The normalized spacial score (nSPS) is 35.9. The van der Waals surface area contributed by atoms with Crippen molar-refractivity contribution in [2.75, 3.05) is 19.6 Å². The van der Waals surface area contributed by atoms with Crippen LogP contribution in [0.15, 0.2) is 0 Å². The van der Waals surface area contributed by atoms with Crippen LogP contribution in [0.4, 0.5) is 0 Å². The summed E-state index contributed by atoms with van der Waals surface area (Å²) in [6, 6.07) is 0.352. The predicted octanol–water partition coefficient (Wildman–Crippen LogP) is 2.53. The molecule has 4 unspecified atom stereocenters. The monoisotopic (exact) mass is 306 g/mol. The Bertz CT molecular complexity index is 444. The van der Waals surface area contributed by atoms with E-state index in [-0.39, 0.29) is 17.7 Å². The molecule has 2 aliphatic heterocycles. The van der Waals surface area contributed by atoms with Crippen molar-refractivity contribution in [3.8, 4) is 0 Å². The average Bonchev–Trinajstić information content (AvgIpc) is 2.78. The molecule has 0 aromatic heterocycles. The molecular formula is C18H30N2O2. The summed E-state index contributed by atoms with van der Waals surface area (Å²) in [6.07, 6.45) is 5.16. The van der Waals surface area contributed by atoms with Crippen molar-refractivity contribution in [1.82, 2.24) is 9.80 Å². The number of rotatable bonds is 3. The molecule has 4 atom stereocenters. The second kappa shape index (κ2) is 6.21. The zero-order chi connectivity index (χ0) is 15.9. The van der Waals surface area contributed by atoms with Gasteiger partial charge in [-0.2, -0.15) is 0 Å². The number of amides is 2. The van der Waals surface area contributed by atoms with Crippen molar-refractivity contribution in [2.45, 2.75) is 58.9 Å². The molecule has 0 radical (unpaired) electrons. The molecule has 4 nitrogen and oxygen atoms in total. The van der Waals surface area contributed by atoms with Gasteiger partial charge in [0.1, 0.15) is 0 Å². The molecular weight excluding hydrogens is 276 g/mol. The van der Waals surface area contributed by atoms with Gasteiger partial charge in [-0.05, 0) is 37.0 Å². The molecule has 0 bridgehead atoms. The lowest BCUT2D eigenvalue weighted by molar-refractivity contribution is -0.139. The lowest BCUT2D eigenvalue weighted by Gasteiger charge is -2.42. The molecule has 124 valence electrons. The van der Waals surface area contributed by atoms with Crippen LogP contribution in [0.5, 0.6) is 0 Å². The third-order valence-corrected chi connectivity index (χ3v) is 6.06. The molecule has 0 spiro atoms. The summed E-state index contributed by atoms with van der Waals surface area (Å²) >= 11 is 0. The van der Waals surface area contributed by atoms with Gasteiger partial charge in [-0.15, -0.1) is 0 Å². The molecule has 3 fully saturated rings. The minimum absolute atomic E-state index is 0.0853. The first-order chi connectivity index (χ1) is 10.5. The van der Waals surface area contributed by atoms with E-state index in [4.69, 9.17) is 0 Å². The summed E-state index contributed by atoms with van der Waals surface area (Å²) in [7, 11) is 0. The Kier molecular flexibility index (Phi) is 4.47. The van der Waals surface area contributed by atoms with Gasteiger partial charge in [0.2, 0.25) is 11.8 Å². The smallest absolute Gasteiger partial charge is 0.227 e. The second-order valence-corrected chi connectivity index (χ2v) is 8.02. The van der Waals surface area contributed by atoms with Gasteiger partial charge in [0.25, 0.3) is 0 Å². The molecule has 22 heavy (non-hydrogen) atoms. The Morgan fingerprint density at radius 1 is 1.23 bits per heavy atom. The average molecular weight is 306 g/mol. The summed E-state index contributed by atoms with van der Waals surface area (Å²) in [5.74, 6) is 2.24. The van der Waals surface area contributed by atoms with E-state index in [0.29, 0.717) is 36.8 Å². The predicted molar refractivity (Wildman–Crippen MR) is 86.1 cm³/mol. The van der Waals surface area contributed by atoms with E-state index >= 15 is 0 Å². The van der Waals surface area contributed by atoms with Crippen molar-refractivity contribution < 1.29 is 9.59 Å². The fraction of sp³-hybridized carbons (Fsp3) is 0.889. The largest absolute Gasteiger partial charge is 0.342 e. The topological polar surface area (TPSA) is 40.6 Å². The summed E-state index contributed by atoms with van der Waals surface area (Å²) in [5, 5.41) is 0. The lowest BCUT2D eigenvalue weighted by Crippen LogP contribution is -2.48. The number of nitrogens with zero attached hydrogens (tertiary/aromatic N) is 2. The molecule has 3 aliphatic rings. The molecule has 0 aromatic rings. The maximum absolute atomic E-state index is 12.5. The van der Waals surface area contributed by atoms with E-state index in [1.54, 1.807) is 0 Å². The van der Waals surface area contributed by atoms with E-state index in [9.17, 15) is 9.59 Å². The van der Waals surface area contributed by atoms with Gasteiger partial charge >= 0.3 is 0 Å². The van der Waals surface area contributed by atoms with Gasteiger partial charge < -0.3 is 9.80 Å². The van der Waals surface area contributed by atoms with Gasteiger partial charge in [-0.25, -0.2) is 0 Å². The van der Waals surface area contributed by atoms with Gasteiger partial charge in [-0.3, -0.25) is 9.59 Å². The highest BCUT2D eigenvalue weighted by Gasteiger charge is 2.44. The van der Waals surface area contributed by atoms with Crippen molar-refractivity contribution in [1.29, 1.82) is 0 Å². The molecule has 4 heteroatoms. The summed E-state index contributed by atoms with van der Waals surface area (Å²) in [5.41, 5.74) is 0. The third kappa shape index (κ3) is 2.89. The van der Waals surface area contributed by atoms with E-state index in [1.807, 2.05) is 4.90 Å². The van der Waals surface area contributed by atoms with Crippen LogP contribution in [0.1, 0.15) is 52.9 Å². The molecule has 2 amide bonds. The van der Waals surface area contributed by atoms with Crippen LogP contribution in [0, 0.1) is 23.7 Å². The summed E-state index contributed by atoms with van der Waals surface area (Å²) in [6.45, 7) is 9.28. The van der Waals surface area contributed by atoms with Crippen molar-refractivity contribution in [3.63, 3.8) is 0 Å². The summed E-state index contributed by atoms with van der Waals surface area (Å²) < 4.78 is 0. The maximum Gasteiger partial charge on any atom is 0.227 e. The van der Waals surface area contributed by atoms with Gasteiger partial charge in [-0.1, -0.05) is 27.2 Å². The number of likely N-dealkylation sites (tertiary alicyclic amines) is 2. The van der Waals surface area contributed by atoms with E-state index in [0.717, 1.165) is 25.9 Å². The Morgan fingerprint density at radius 3 is 2.55 bits per heavy atom. The highest BCUT2D eigenvalue weighted by atomic mass is 16.2. The fourth-order valence-electron chi connectivity index (χ4n) is 4.52. The molecule has 2 heterocycles. The fourth-order valence-corrected chi connectivity index (χ4v) is 4.52. The number of hydrogen-bond donors (Lipinski definition) is 0. The van der Waals surface area contributed by atoms with E-state index in [1.165, 1.54) is 12.8 Å². The van der Waals surface area contributed by atoms with Crippen LogP contribution in [0.2, 0.25) is 0 Å². The lowest BCUT2D eigenvalue weighted by atomic mass is 9.73. The van der Waals surface area contributed by atoms with Crippen molar-refractivity contribution in [2.24, 2.45) is 23.7 Å². The second-order valence-electron chi connectivity index (χ2n) is 8.02. The molecule has 3 rings (SSSR count). The van der Waals surface area contributed by atoms with Crippen LogP contribution in [0.3, 0.4) is 0 Å². The SMILES string of the molecule is CC1CCC(C(C)C)C(N2CC(C(=O)N3CCC3)CC2=O)C1. The van der Waals surface area contributed by atoms with Crippen LogP contribution < -0.4 is 0 Å². The number of carbonyl (C=O) groups excluding carboxylic acids is 2. The highest BCUT2D eigenvalue weighted by molar-refractivity contribution is 5.89. The van der Waals surface area contributed by atoms with E-state index in [2.05, 4.69) is 25.7 Å². The van der Waals surface area contributed by atoms with Crippen LogP contribution in [-0.4, -0.2) is 47.3 Å². The van der Waals surface area contributed by atoms with Crippen LogP contribution >= 0.6 is 0 Å². The van der Waals surface area contributed by atoms with Gasteiger partial charge in [0.05, 0.1) is 5.92 Å². The quantitative estimate of drug-likeness (QED) is 0.804. The zero-order valence-electron chi connectivity index (χ0n) is 14.3. The maximum atomic E-state index is 12.5. The number of hydrogen-bond acceptors (Lipinski definition) is 2. The van der Waals surface area contributed by atoms with Crippen molar-refractivity contribution in [3.05, 3.63) is 0 Å². The Hall–Kier alpha value is -1.06. The zero-order valence-corrected chi connectivity index (χ0v) is 14.3. The first kappa shape index (κ1) is 15.8. The Morgan fingerprint density at radius 2 is 1.95 bits per heavy atom. The molecule has 2 saturated heterocycles. The van der Waals surface area contributed by atoms with E-state index < -0.39 is 0 Å². The minimum atomic E-state index is -0.0853. The van der Waals surface area contributed by atoms with Crippen molar-refractivity contribution >= 4 is 11.8 Å². The molecule has 1 saturated carbocycles. The van der Waals surface area contributed by atoms with Crippen LogP contribution in [-0.2, 0) is 9.59 Å². The molecule has 0 N–H and O–H groups in total. The Balaban J connectivity index is 1.69. The summed E-state index contributed by atoms with van der Waals surface area (Å²) in [4.78, 5) is 29.0. The number of carbonyl (C=O) groups is 2. The first-order valence-electron chi connectivity index (χ1n) is 9.05. The third-order valence-electron chi connectivity index (χ3n) is 6.06. The van der Waals surface area contributed by atoms with Gasteiger partial charge in [0, 0.05) is 32.1 Å². The molecule has 0 aromatic carbocycles. The molecule has 1 aliphatic carbocycles. The first-order valence-corrected chi connectivity index (χ1v) is 9.05. The Labute approximate surface area is 134 Å². The highest BCUT2D eigenvalue weighted by Crippen LogP contribution is 2.39.